The van der Waals surface area contributed by atoms with E-state index < -0.39 is 24.6 Å². The van der Waals surface area contributed by atoms with Crippen molar-refractivity contribution in [3.05, 3.63) is 0 Å². The fraction of sp³-hybridized carbons (Fsp3) is 0.833. The summed E-state index contributed by atoms with van der Waals surface area (Å²) in [5.41, 5.74) is 1.68. The van der Waals surface area contributed by atoms with Gasteiger partial charge in [-0.2, -0.15) is 13.2 Å². The molecule has 1 N–H and O–H groups in total. The molecule has 72 valence electrons. The minimum atomic E-state index is -4.41. The smallest absolute Gasteiger partial charge is 0.273 e. The van der Waals surface area contributed by atoms with E-state index in [0.717, 1.165) is 0 Å². The van der Waals surface area contributed by atoms with E-state index in [1.54, 1.807) is 19.3 Å². The van der Waals surface area contributed by atoms with Crippen LogP contribution in [-0.4, -0.2) is 18.7 Å². The fourth-order valence-corrected chi connectivity index (χ4v) is 0.307. The highest BCUT2D eigenvalue weighted by Gasteiger charge is 2.28. The third kappa shape index (κ3) is 5.96. The first-order chi connectivity index (χ1) is 5.33. The monoisotopic (exact) mass is 185 g/mol. The van der Waals surface area contributed by atoms with Crippen LogP contribution in [0, 0.1) is 5.92 Å². The average Bonchev–Trinajstić information content (AvgIpc) is 1.84. The standard InChI is InChI=1S/C6H10F3NO2/c1-4(2)5(11)10-12-3-6(7,8)9/h4H,3H2,1-2H3,(H,10,11). The van der Waals surface area contributed by atoms with Crippen LogP contribution in [0.15, 0.2) is 0 Å². The summed E-state index contributed by atoms with van der Waals surface area (Å²) in [7, 11) is 0. The summed E-state index contributed by atoms with van der Waals surface area (Å²) in [5.74, 6) is -0.961. The Hall–Kier alpha value is -0.780. The summed E-state index contributed by atoms with van der Waals surface area (Å²) in [5, 5.41) is 0. The first-order valence-electron chi connectivity index (χ1n) is 3.31. The van der Waals surface area contributed by atoms with E-state index in [2.05, 4.69) is 4.84 Å². The van der Waals surface area contributed by atoms with Crippen LogP contribution in [0.4, 0.5) is 13.2 Å². The Bertz CT molecular complexity index is 155. The molecule has 1 amide bonds. The first kappa shape index (κ1) is 11.2. The third-order valence-electron chi connectivity index (χ3n) is 0.933. The topological polar surface area (TPSA) is 38.3 Å². The zero-order valence-electron chi connectivity index (χ0n) is 6.73. The van der Waals surface area contributed by atoms with Crippen LogP contribution < -0.4 is 5.48 Å². The van der Waals surface area contributed by atoms with Gasteiger partial charge in [-0.1, -0.05) is 13.8 Å². The number of amides is 1. The molecule has 0 radical (unpaired) electrons. The van der Waals surface area contributed by atoms with E-state index in [-0.39, 0.29) is 0 Å². The van der Waals surface area contributed by atoms with Crippen molar-refractivity contribution in [1.82, 2.24) is 5.48 Å². The lowest BCUT2D eigenvalue weighted by molar-refractivity contribution is -0.192. The molecule has 0 aromatic carbocycles. The molecule has 0 aromatic rings. The SMILES string of the molecule is CC(C)C(=O)NOCC(F)(F)F. The number of carbonyl (C=O) groups is 1. The molecule has 0 aliphatic carbocycles. The predicted molar refractivity (Wildman–Crippen MR) is 35.0 cm³/mol. The van der Waals surface area contributed by atoms with E-state index in [9.17, 15) is 18.0 Å². The molecule has 0 fully saturated rings. The Morgan fingerprint density at radius 3 is 2.33 bits per heavy atom. The maximum absolute atomic E-state index is 11.4. The summed E-state index contributed by atoms with van der Waals surface area (Å²) in [6.45, 7) is 1.63. The number of hydroxylamine groups is 1. The number of halogens is 3. The van der Waals surface area contributed by atoms with Gasteiger partial charge >= 0.3 is 6.18 Å². The van der Waals surface area contributed by atoms with E-state index in [4.69, 9.17) is 0 Å². The number of hydrogen-bond donors (Lipinski definition) is 1. The molecule has 0 saturated carbocycles. The van der Waals surface area contributed by atoms with Crippen molar-refractivity contribution in [2.45, 2.75) is 20.0 Å². The van der Waals surface area contributed by atoms with Crippen LogP contribution in [0.2, 0.25) is 0 Å². The molecule has 0 aliphatic heterocycles. The van der Waals surface area contributed by atoms with Gasteiger partial charge in [0.2, 0.25) is 5.91 Å². The van der Waals surface area contributed by atoms with Gasteiger partial charge in [0.05, 0.1) is 0 Å². The highest BCUT2D eigenvalue weighted by Crippen LogP contribution is 2.13. The number of alkyl halides is 3. The molecule has 6 heteroatoms. The molecule has 3 nitrogen and oxygen atoms in total. The van der Waals surface area contributed by atoms with Crippen molar-refractivity contribution in [3.63, 3.8) is 0 Å². The van der Waals surface area contributed by atoms with Gasteiger partial charge in [0.15, 0.2) is 6.61 Å². The summed E-state index contributed by atoms with van der Waals surface area (Å²) < 4.78 is 34.3. The van der Waals surface area contributed by atoms with Crippen molar-refractivity contribution in [2.75, 3.05) is 6.61 Å². The Morgan fingerprint density at radius 2 is 2.00 bits per heavy atom. The molecule has 0 aromatic heterocycles. The molecule has 0 bridgehead atoms. The fourth-order valence-electron chi connectivity index (χ4n) is 0.307. The van der Waals surface area contributed by atoms with Crippen molar-refractivity contribution in [2.24, 2.45) is 5.92 Å². The summed E-state index contributed by atoms with van der Waals surface area (Å²) in [6, 6.07) is 0. The van der Waals surface area contributed by atoms with Gasteiger partial charge < -0.3 is 0 Å². The van der Waals surface area contributed by atoms with E-state index >= 15 is 0 Å². The lowest BCUT2D eigenvalue weighted by Crippen LogP contribution is -2.32. The van der Waals surface area contributed by atoms with E-state index in [0.29, 0.717) is 0 Å². The Morgan fingerprint density at radius 1 is 1.50 bits per heavy atom. The molecule has 12 heavy (non-hydrogen) atoms. The van der Waals surface area contributed by atoms with Gasteiger partial charge in [-0.3, -0.25) is 9.63 Å². The van der Waals surface area contributed by atoms with Gasteiger partial charge in [-0.05, 0) is 0 Å². The molecular weight excluding hydrogens is 175 g/mol. The normalized spacial score (nSPS) is 11.8. The van der Waals surface area contributed by atoms with Gasteiger partial charge in [0, 0.05) is 5.92 Å². The molecule has 0 rings (SSSR count). The van der Waals surface area contributed by atoms with Crippen LogP contribution in [-0.2, 0) is 9.63 Å². The molecule has 0 spiro atoms. The lowest BCUT2D eigenvalue weighted by Gasteiger charge is -2.09. The van der Waals surface area contributed by atoms with Crippen LogP contribution in [0.3, 0.4) is 0 Å². The average molecular weight is 185 g/mol. The zero-order valence-corrected chi connectivity index (χ0v) is 6.73. The highest BCUT2D eigenvalue weighted by molar-refractivity contribution is 5.76. The zero-order chi connectivity index (χ0) is 9.78. The van der Waals surface area contributed by atoms with E-state index in [1.165, 1.54) is 0 Å². The van der Waals surface area contributed by atoms with Crippen LogP contribution in [0.25, 0.3) is 0 Å². The third-order valence-corrected chi connectivity index (χ3v) is 0.933. The minimum Gasteiger partial charge on any atom is -0.273 e. The summed E-state index contributed by atoms with van der Waals surface area (Å²) in [6.07, 6.45) is -4.41. The second-order valence-electron chi connectivity index (χ2n) is 2.52. The van der Waals surface area contributed by atoms with Crippen LogP contribution in [0.1, 0.15) is 13.8 Å². The first-order valence-corrected chi connectivity index (χ1v) is 3.31. The minimum absolute atomic E-state index is 0.391. The van der Waals surface area contributed by atoms with Gasteiger partial charge in [-0.15, -0.1) is 0 Å². The second kappa shape index (κ2) is 4.30. The van der Waals surface area contributed by atoms with Gasteiger partial charge in [0.1, 0.15) is 0 Å². The summed E-state index contributed by atoms with van der Waals surface area (Å²) >= 11 is 0. The maximum atomic E-state index is 11.4. The van der Waals surface area contributed by atoms with Crippen molar-refractivity contribution in [3.8, 4) is 0 Å². The van der Waals surface area contributed by atoms with Crippen LogP contribution in [0.5, 0.6) is 0 Å². The maximum Gasteiger partial charge on any atom is 0.414 e. The quantitative estimate of drug-likeness (QED) is 0.672. The number of nitrogens with one attached hydrogen (secondary N) is 1. The van der Waals surface area contributed by atoms with Gasteiger partial charge in [0.25, 0.3) is 0 Å². The molecule has 0 atom stereocenters. The molecule has 0 unspecified atom stereocenters. The molecule has 0 aliphatic rings. The molecular formula is C6H10F3NO2. The predicted octanol–water partition coefficient (Wildman–Crippen LogP) is 1.25. The Labute approximate surface area is 67.8 Å². The molecule has 0 heterocycles. The molecule has 0 saturated heterocycles. The number of carbonyl (C=O) groups excluding carboxylic acids is 1. The van der Waals surface area contributed by atoms with Crippen molar-refractivity contribution in [1.29, 1.82) is 0 Å². The lowest BCUT2D eigenvalue weighted by atomic mass is 10.2. The second-order valence-corrected chi connectivity index (χ2v) is 2.52. The van der Waals surface area contributed by atoms with Crippen molar-refractivity contribution < 1.29 is 22.8 Å². The Kier molecular flexibility index (Phi) is 4.02. The largest absolute Gasteiger partial charge is 0.414 e. The highest BCUT2D eigenvalue weighted by atomic mass is 19.4. The van der Waals surface area contributed by atoms with E-state index in [1.807, 2.05) is 0 Å². The van der Waals surface area contributed by atoms with Crippen LogP contribution >= 0.6 is 0 Å². The summed E-state index contributed by atoms with van der Waals surface area (Å²) in [4.78, 5) is 14.5. The van der Waals surface area contributed by atoms with Gasteiger partial charge in [-0.25, -0.2) is 5.48 Å². The van der Waals surface area contributed by atoms with Crippen molar-refractivity contribution >= 4 is 5.91 Å². The number of hydrogen-bond acceptors (Lipinski definition) is 2. The Balaban J connectivity index is 3.51. The number of rotatable bonds is 3.